The van der Waals surface area contributed by atoms with Crippen molar-refractivity contribution in [1.29, 1.82) is 0 Å². The van der Waals surface area contributed by atoms with Crippen molar-refractivity contribution in [2.24, 2.45) is 0 Å². The minimum absolute atomic E-state index is 0.0360. The average molecular weight is 259 g/mol. The third kappa shape index (κ3) is 2.33. The van der Waals surface area contributed by atoms with Gasteiger partial charge in [0.25, 0.3) is 0 Å². The standard InChI is InChI=1S/C12H16ClFN2O/c1-7-12(2,3-4-17-7)16-11-6-9(14)8(13)5-10(11)15/h5-7,16H,3-4,15H2,1-2H3. The van der Waals surface area contributed by atoms with Crippen molar-refractivity contribution < 1.29 is 9.13 Å². The Balaban J connectivity index is 2.27. The molecule has 1 fully saturated rings. The Hall–Kier alpha value is -1.00. The van der Waals surface area contributed by atoms with E-state index in [2.05, 4.69) is 5.32 Å². The monoisotopic (exact) mass is 258 g/mol. The van der Waals surface area contributed by atoms with Gasteiger partial charge in [0.05, 0.1) is 28.0 Å². The summed E-state index contributed by atoms with van der Waals surface area (Å²) in [4.78, 5) is 0. The second-order valence-corrected chi connectivity index (χ2v) is 5.07. The van der Waals surface area contributed by atoms with Crippen LogP contribution < -0.4 is 11.1 Å². The lowest BCUT2D eigenvalue weighted by Crippen LogP contribution is -2.41. The van der Waals surface area contributed by atoms with Crippen LogP contribution in [0.1, 0.15) is 20.3 Å². The quantitative estimate of drug-likeness (QED) is 0.802. The maximum absolute atomic E-state index is 13.4. The SMILES string of the molecule is CC1OCCC1(C)Nc1cc(F)c(Cl)cc1N. The van der Waals surface area contributed by atoms with Crippen LogP contribution in [-0.4, -0.2) is 18.2 Å². The minimum Gasteiger partial charge on any atom is -0.397 e. The highest BCUT2D eigenvalue weighted by Gasteiger charge is 2.37. The first-order valence-electron chi connectivity index (χ1n) is 5.57. The highest BCUT2D eigenvalue weighted by molar-refractivity contribution is 6.31. The molecule has 2 rings (SSSR count). The maximum Gasteiger partial charge on any atom is 0.143 e. The van der Waals surface area contributed by atoms with Crippen molar-refractivity contribution in [2.45, 2.75) is 31.9 Å². The van der Waals surface area contributed by atoms with Gasteiger partial charge in [0, 0.05) is 12.7 Å². The predicted octanol–water partition coefficient (Wildman–Crippen LogP) is 3.04. The molecule has 1 aliphatic rings. The zero-order chi connectivity index (χ0) is 12.6. The molecule has 0 radical (unpaired) electrons. The highest BCUT2D eigenvalue weighted by Crippen LogP contribution is 2.33. The van der Waals surface area contributed by atoms with Crippen molar-refractivity contribution in [2.75, 3.05) is 17.7 Å². The third-order valence-electron chi connectivity index (χ3n) is 3.40. The second-order valence-electron chi connectivity index (χ2n) is 4.66. The molecule has 0 bridgehead atoms. The molecule has 1 saturated heterocycles. The fourth-order valence-electron chi connectivity index (χ4n) is 1.98. The van der Waals surface area contributed by atoms with E-state index in [-0.39, 0.29) is 16.7 Å². The number of rotatable bonds is 2. The van der Waals surface area contributed by atoms with Crippen LogP contribution in [-0.2, 0) is 4.74 Å². The summed E-state index contributed by atoms with van der Waals surface area (Å²) in [6, 6.07) is 2.75. The van der Waals surface area contributed by atoms with E-state index in [4.69, 9.17) is 22.1 Å². The number of ether oxygens (including phenoxy) is 1. The topological polar surface area (TPSA) is 47.3 Å². The molecule has 0 aromatic heterocycles. The molecule has 5 heteroatoms. The molecule has 0 aliphatic carbocycles. The molecule has 2 unspecified atom stereocenters. The number of nitrogens with one attached hydrogen (secondary N) is 1. The van der Waals surface area contributed by atoms with Crippen molar-refractivity contribution in [3.63, 3.8) is 0 Å². The molecule has 1 heterocycles. The first-order valence-corrected chi connectivity index (χ1v) is 5.94. The Morgan fingerprint density at radius 1 is 1.59 bits per heavy atom. The van der Waals surface area contributed by atoms with Gasteiger partial charge < -0.3 is 15.8 Å². The number of anilines is 2. The van der Waals surface area contributed by atoms with Crippen LogP contribution in [0.15, 0.2) is 12.1 Å². The number of nitrogens with two attached hydrogens (primary N) is 1. The summed E-state index contributed by atoms with van der Waals surface area (Å²) in [7, 11) is 0. The number of hydrogen-bond acceptors (Lipinski definition) is 3. The Morgan fingerprint density at radius 3 is 2.88 bits per heavy atom. The number of hydrogen-bond donors (Lipinski definition) is 2. The van der Waals surface area contributed by atoms with Gasteiger partial charge in [-0.3, -0.25) is 0 Å². The summed E-state index contributed by atoms with van der Waals surface area (Å²) in [6.07, 6.45) is 0.915. The van der Waals surface area contributed by atoms with E-state index >= 15 is 0 Å². The van der Waals surface area contributed by atoms with Gasteiger partial charge in [-0.25, -0.2) is 4.39 Å². The smallest absolute Gasteiger partial charge is 0.143 e. The number of halogens is 2. The van der Waals surface area contributed by atoms with E-state index in [1.54, 1.807) is 0 Å². The predicted molar refractivity (Wildman–Crippen MR) is 67.9 cm³/mol. The second kappa shape index (κ2) is 4.35. The molecule has 1 aliphatic heterocycles. The highest BCUT2D eigenvalue weighted by atomic mass is 35.5. The summed E-state index contributed by atoms with van der Waals surface area (Å²) < 4.78 is 18.9. The van der Waals surface area contributed by atoms with Gasteiger partial charge in [0.1, 0.15) is 5.82 Å². The van der Waals surface area contributed by atoms with Crippen LogP contribution in [0, 0.1) is 5.82 Å². The molecule has 2 atom stereocenters. The van der Waals surface area contributed by atoms with Crippen LogP contribution in [0.3, 0.4) is 0 Å². The molecular formula is C12H16ClFN2O. The fraction of sp³-hybridized carbons (Fsp3) is 0.500. The van der Waals surface area contributed by atoms with Crippen LogP contribution in [0.4, 0.5) is 15.8 Å². The molecule has 3 N–H and O–H groups in total. The number of benzene rings is 1. The molecule has 1 aromatic rings. The summed E-state index contributed by atoms with van der Waals surface area (Å²) in [5.41, 5.74) is 6.59. The zero-order valence-electron chi connectivity index (χ0n) is 9.89. The Labute approximate surface area is 105 Å². The molecule has 1 aromatic carbocycles. The van der Waals surface area contributed by atoms with Gasteiger partial charge in [-0.15, -0.1) is 0 Å². The van der Waals surface area contributed by atoms with Crippen molar-refractivity contribution in [3.8, 4) is 0 Å². The summed E-state index contributed by atoms with van der Waals surface area (Å²) in [6.45, 7) is 4.72. The van der Waals surface area contributed by atoms with Gasteiger partial charge in [0.2, 0.25) is 0 Å². The largest absolute Gasteiger partial charge is 0.397 e. The molecule has 94 valence electrons. The summed E-state index contributed by atoms with van der Waals surface area (Å²) in [5, 5.41) is 3.29. The first-order chi connectivity index (χ1) is 7.92. The van der Waals surface area contributed by atoms with Gasteiger partial charge in [0.15, 0.2) is 0 Å². The van der Waals surface area contributed by atoms with E-state index in [0.29, 0.717) is 18.0 Å². The average Bonchev–Trinajstić information content (AvgIpc) is 2.56. The lowest BCUT2D eigenvalue weighted by Gasteiger charge is -2.30. The maximum atomic E-state index is 13.4. The van der Waals surface area contributed by atoms with E-state index in [1.165, 1.54) is 12.1 Å². The normalized spacial score (nSPS) is 28.4. The molecular weight excluding hydrogens is 243 g/mol. The molecule has 0 saturated carbocycles. The lowest BCUT2D eigenvalue weighted by molar-refractivity contribution is 0.105. The van der Waals surface area contributed by atoms with Gasteiger partial charge in [-0.2, -0.15) is 0 Å². The van der Waals surface area contributed by atoms with Gasteiger partial charge in [-0.05, 0) is 26.3 Å². The molecule has 0 spiro atoms. The van der Waals surface area contributed by atoms with E-state index in [0.717, 1.165) is 6.42 Å². The van der Waals surface area contributed by atoms with Gasteiger partial charge in [-0.1, -0.05) is 11.6 Å². The Kier molecular flexibility index (Phi) is 3.19. The molecule has 0 amide bonds. The Morgan fingerprint density at radius 2 is 2.29 bits per heavy atom. The summed E-state index contributed by atoms with van der Waals surface area (Å²) >= 11 is 5.66. The van der Waals surface area contributed by atoms with E-state index in [9.17, 15) is 4.39 Å². The van der Waals surface area contributed by atoms with Crippen LogP contribution >= 0.6 is 11.6 Å². The molecule has 3 nitrogen and oxygen atoms in total. The van der Waals surface area contributed by atoms with Crippen molar-refractivity contribution in [3.05, 3.63) is 23.0 Å². The van der Waals surface area contributed by atoms with E-state index in [1.807, 2.05) is 13.8 Å². The van der Waals surface area contributed by atoms with Crippen LogP contribution in [0.5, 0.6) is 0 Å². The first kappa shape index (κ1) is 12.5. The van der Waals surface area contributed by atoms with Crippen LogP contribution in [0.25, 0.3) is 0 Å². The van der Waals surface area contributed by atoms with Crippen LogP contribution in [0.2, 0.25) is 5.02 Å². The third-order valence-corrected chi connectivity index (χ3v) is 3.69. The fourth-order valence-corrected chi connectivity index (χ4v) is 2.15. The van der Waals surface area contributed by atoms with Crippen molar-refractivity contribution in [1.82, 2.24) is 0 Å². The van der Waals surface area contributed by atoms with E-state index < -0.39 is 5.82 Å². The van der Waals surface area contributed by atoms with Crippen molar-refractivity contribution >= 4 is 23.0 Å². The van der Waals surface area contributed by atoms with Gasteiger partial charge >= 0.3 is 0 Å². The number of nitrogen functional groups attached to an aromatic ring is 1. The Bertz CT molecular complexity index is 441. The minimum atomic E-state index is -0.474. The lowest BCUT2D eigenvalue weighted by atomic mass is 9.94. The molecule has 17 heavy (non-hydrogen) atoms. The zero-order valence-corrected chi connectivity index (χ0v) is 10.6. The summed E-state index contributed by atoms with van der Waals surface area (Å²) in [5.74, 6) is -0.474.